The summed E-state index contributed by atoms with van der Waals surface area (Å²) in [6.07, 6.45) is 4.08. The highest BCUT2D eigenvalue weighted by Crippen LogP contribution is 2.19. The van der Waals surface area contributed by atoms with Gasteiger partial charge < -0.3 is 9.52 Å². The van der Waals surface area contributed by atoms with Gasteiger partial charge in [0.2, 0.25) is 10.0 Å². The van der Waals surface area contributed by atoms with E-state index < -0.39 is 10.0 Å². The van der Waals surface area contributed by atoms with E-state index in [1.165, 1.54) is 6.07 Å². The van der Waals surface area contributed by atoms with Crippen LogP contribution in [0.2, 0.25) is 0 Å². The van der Waals surface area contributed by atoms with Crippen LogP contribution in [0.15, 0.2) is 27.8 Å². The van der Waals surface area contributed by atoms with Gasteiger partial charge in [-0.3, -0.25) is 4.68 Å². The monoisotopic (exact) mass is 299 g/mol. The Hall–Kier alpha value is -1.64. The molecule has 0 amide bonds. The number of aryl methyl sites for hydroxylation is 2. The Balaban J connectivity index is 2.01. The van der Waals surface area contributed by atoms with E-state index in [0.29, 0.717) is 6.42 Å². The van der Waals surface area contributed by atoms with Crippen molar-refractivity contribution in [2.24, 2.45) is 7.05 Å². The molecule has 0 bridgehead atoms. The number of aromatic nitrogens is 2. The largest absolute Gasteiger partial charge is 0.462 e. The van der Waals surface area contributed by atoms with Crippen molar-refractivity contribution in [3.8, 4) is 0 Å². The van der Waals surface area contributed by atoms with Crippen LogP contribution in [0.25, 0.3) is 0 Å². The van der Waals surface area contributed by atoms with Gasteiger partial charge in [-0.05, 0) is 18.9 Å². The first-order valence-electron chi connectivity index (χ1n) is 6.10. The summed E-state index contributed by atoms with van der Waals surface area (Å²) >= 11 is 0. The van der Waals surface area contributed by atoms with Gasteiger partial charge in [0, 0.05) is 25.9 Å². The molecule has 0 spiro atoms. The predicted molar refractivity (Wildman–Crippen MR) is 71.5 cm³/mol. The minimum Gasteiger partial charge on any atom is -0.462 e. The Morgan fingerprint density at radius 3 is 2.80 bits per heavy atom. The molecule has 0 aliphatic heterocycles. The zero-order valence-electron chi connectivity index (χ0n) is 11.3. The lowest BCUT2D eigenvalue weighted by atomic mass is 10.3. The molecule has 0 saturated carbocycles. The molecule has 2 aromatic rings. The Morgan fingerprint density at radius 2 is 2.25 bits per heavy atom. The summed E-state index contributed by atoms with van der Waals surface area (Å²) in [4.78, 5) is 0.0627. The third-order valence-corrected chi connectivity index (χ3v) is 4.40. The average Bonchev–Trinajstić information content (AvgIpc) is 2.95. The summed E-state index contributed by atoms with van der Waals surface area (Å²) in [5.74, 6) is 0.498. The van der Waals surface area contributed by atoms with E-state index in [2.05, 4.69) is 9.82 Å². The van der Waals surface area contributed by atoms with Gasteiger partial charge in [-0.1, -0.05) is 0 Å². The van der Waals surface area contributed by atoms with Crippen LogP contribution in [0.4, 0.5) is 0 Å². The zero-order chi connectivity index (χ0) is 14.8. The molecule has 0 radical (unpaired) electrons. The van der Waals surface area contributed by atoms with Gasteiger partial charge in [0.05, 0.1) is 6.20 Å². The number of hydrogen-bond acceptors (Lipinski definition) is 5. The van der Waals surface area contributed by atoms with Crippen molar-refractivity contribution >= 4 is 10.0 Å². The molecule has 0 saturated heterocycles. The highest BCUT2D eigenvalue weighted by Gasteiger charge is 2.20. The van der Waals surface area contributed by atoms with Crippen molar-refractivity contribution < 1.29 is 17.9 Å². The van der Waals surface area contributed by atoms with E-state index in [4.69, 9.17) is 9.52 Å². The highest BCUT2D eigenvalue weighted by atomic mass is 32.2. The van der Waals surface area contributed by atoms with Crippen molar-refractivity contribution in [1.29, 1.82) is 0 Å². The molecule has 0 atom stereocenters. The van der Waals surface area contributed by atoms with Crippen LogP contribution in [0.1, 0.15) is 17.1 Å². The molecule has 0 unspecified atom stereocenters. The molecule has 7 nitrogen and oxygen atoms in total. The van der Waals surface area contributed by atoms with Gasteiger partial charge >= 0.3 is 0 Å². The van der Waals surface area contributed by atoms with Gasteiger partial charge in [0.15, 0.2) is 0 Å². The number of rotatable bonds is 6. The number of hydrogen-bond donors (Lipinski definition) is 2. The maximum absolute atomic E-state index is 12.1. The second-order valence-electron chi connectivity index (χ2n) is 4.46. The summed E-state index contributed by atoms with van der Waals surface area (Å²) in [5, 5.41) is 13.0. The zero-order valence-corrected chi connectivity index (χ0v) is 12.1. The highest BCUT2D eigenvalue weighted by molar-refractivity contribution is 7.89. The molecule has 0 fully saturated rings. The summed E-state index contributed by atoms with van der Waals surface area (Å²) in [6.45, 7) is 1.49. The number of furan rings is 1. The van der Waals surface area contributed by atoms with Gasteiger partial charge in [0.1, 0.15) is 23.0 Å². The smallest absolute Gasteiger partial charge is 0.244 e. The van der Waals surface area contributed by atoms with Gasteiger partial charge in [-0.25, -0.2) is 13.1 Å². The van der Waals surface area contributed by atoms with Crippen LogP contribution >= 0.6 is 0 Å². The van der Waals surface area contributed by atoms with E-state index in [9.17, 15) is 8.42 Å². The van der Waals surface area contributed by atoms with Crippen LogP contribution in [0.3, 0.4) is 0 Å². The van der Waals surface area contributed by atoms with Crippen molar-refractivity contribution in [3.05, 3.63) is 35.5 Å². The van der Waals surface area contributed by atoms with E-state index in [-0.39, 0.29) is 29.6 Å². The Kier molecular flexibility index (Phi) is 4.26. The number of aliphatic hydroxyl groups is 1. The van der Waals surface area contributed by atoms with Crippen molar-refractivity contribution in [2.45, 2.75) is 24.8 Å². The van der Waals surface area contributed by atoms with Crippen molar-refractivity contribution in [2.75, 3.05) is 6.54 Å². The lowest BCUT2D eigenvalue weighted by Crippen LogP contribution is -2.26. The van der Waals surface area contributed by atoms with Crippen molar-refractivity contribution in [1.82, 2.24) is 14.5 Å². The van der Waals surface area contributed by atoms with Crippen LogP contribution < -0.4 is 4.72 Å². The topological polar surface area (TPSA) is 97.4 Å². The SMILES string of the molecule is Cc1oc(CO)cc1S(=O)(=O)NCCc1cnn(C)c1. The maximum atomic E-state index is 12.1. The van der Waals surface area contributed by atoms with Crippen LogP contribution in [-0.4, -0.2) is 29.8 Å². The van der Waals surface area contributed by atoms with E-state index in [1.54, 1.807) is 24.9 Å². The fraction of sp³-hybridized carbons (Fsp3) is 0.417. The standard InChI is InChI=1S/C12H17N3O4S/c1-9-12(5-11(8-16)19-9)20(17,18)14-4-3-10-6-13-15(2)7-10/h5-7,14,16H,3-4,8H2,1-2H3. The van der Waals surface area contributed by atoms with E-state index in [0.717, 1.165) is 5.56 Å². The average molecular weight is 299 g/mol. The molecule has 8 heteroatoms. The fourth-order valence-corrected chi connectivity index (χ4v) is 3.11. The second-order valence-corrected chi connectivity index (χ2v) is 6.20. The minimum atomic E-state index is -3.63. The first-order chi connectivity index (χ1) is 9.42. The van der Waals surface area contributed by atoms with Gasteiger partial charge in [-0.2, -0.15) is 5.10 Å². The van der Waals surface area contributed by atoms with Gasteiger partial charge in [0.25, 0.3) is 0 Å². The van der Waals surface area contributed by atoms with E-state index >= 15 is 0 Å². The summed E-state index contributed by atoms with van der Waals surface area (Å²) in [7, 11) is -1.82. The van der Waals surface area contributed by atoms with Crippen LogP contribution in [-0.2, 0) is 30.1 Å². The Bertz CT molecular complexity index is 687. The first kappa shape index (κ1) is 14.8. The molecule has 2 rings (SSSR count). The quantitative estimate of drug-likeness (QED) is 0.801. The molecular formula is C12H17N3O4S. The van der Waals surface area contributed by atoms with E-state index in [1.807, 2.05) is 6.20 Å². The Labute approximate surface area is 117 Å². The third-order valence-electron chi connectivity index (χ3n) is 2.83. The minimum absolute atomic E-state index is 0.0627. The van der Waals surface area contributed by atoms with Gasteiger partial charge in [-0.15, -0.1) is 0 Å². The number of aliphatic hydroxyl groups excluding tert-OH is 1. The van der Waals surface area contributed by atoms with Crippen LogP contribution in [0.5, 0.6) is 0 Å². The molecule has 0 aliphatic carbocycles. The first-order valence-corrected chi connectivity index (χ1v) is 7.58. The summed E-state index contributed by atoms with van der Waals surface area (Å²) in [6, 6.07) is 1.34. The molecular weight excluding hydrogens is 282 g/mol. The predicted octanol–water partition coefficient (Wildman–Crippen LogP) is 0.335. The molecule has 2 heterocycles. The molecule has 2 N–H and O–H groups in total. The molecule has 0 aliphatic rings. The normalized spacial score (nSPS) is 11.9. The number of sulfonamides is 1. The Morgan fingerprint density at radius 1 is 1.50 bits per heavy atom. The molecule has 20 heavy (non-hydrogen) atoms. The third kappa shape index (κ3) is 3.27. The van der Waals surface area contributed by atoms with Crippen LogP contribution in [0, 0.1) is 6.92 Å². The molecule has 110 valence electrons. The summed E-state index contributed by atoms with van der Waals surface area (Å²) in [5.41, 5.74) is 0.954. The fourth-order valence-electron chi connectivity index (χ4n) is 1.88. The number of nitrogens with one attached hydrogen (secondary N) is 1. The maximum Gasteiger partial charge on any atom is 0.244 e. The molecule has 0 aromatic carbocycles. The summed E-state index contributed by atoms with van der Waals surface area (Å²) < 4.78 is 33.5. The lowest BCUT2D eigenvalue weighted by Gasteiger charge is -2.04. The lowest BCUT2D eigenvalue weighted by molar-refractivity contribution is 0.244. The second kappa shape index (κ2) is 5.78. The van der Waals surface area contributed by atoms with Crippen molar-refractivity contribution in [3.63, 3.8) is 0 Å². The number of nitrogens with zero attached hydrogens (tertiary/aromatic N) is 2. The molecule has 2 aromatic heterocycles.